The van der Waals surface area contributed by atoms with Gasteiger partial charge in [0.1, 0.15) is 29.3 Å². The number of esters is 3. The van der Waals surface area contributed by atoms with Crippen molar-refractivity contribution < 1.29 is 28.6 Å². The summed E-state index contributed by atoms with van der Waals surface area (Å²) < 4.78 is 16.3. The van der Waals surface area contributed by atoms with E-state index in [4.69, 9.17) is 19.9 Å². The number of nitrogens with two attached hydrogens (primary N) is 1. The molecule has 1 spiro atoms. The molecule has 8 heteroatoms. The first kappa shape index (κ1) is 22.1. The molecule has 0 saturated heterocycles. The standard InChI is InChI=1S/C25H24N2O6/c1-4-31-23(29)20-21(26)27(3)18-13-9-8-12-17(18)25(20)19(15(2)33-24(25)30)22(28)32-14-16-10-6-5-7-11-16/h5-13H,4,14,26H2,1-3H3. The van der Waals surface area contributed by atoms with Gasteiger partial charge in [-0.05, 0) is 25.5 Å². The monoisotopic (exact) mass is 448 g/mol. The molecule has 0 radical (unpaired) electrons. The number of nitrogens with zero attached hydrogens (tertiary/aromatic N) is 1. The highest BCUT2D eigenvalue weighted by Crippen LogP contribution is 2.53. The maximum absolute atomic E-state index is 13.5. The number of para-hydroxylation sites is 1. The lowest BCUT2D eigenvalue weighted by molar-refractivity contribution is -0.147. The predicted octanol–water partition coefficient (Wildman–Crippen LogP) is 2.68. The normalized spacial score (nSPS) is 19.5. The van der Waals surface area contributed by atoms with Crippen molar-refractivity contribution in [1.29, 1.82) is 0 Å². The van der Waals surface area contributed by atoms with Crippen LogP contribution >= 0.6 is 0 Å². The topological polar surface area (TPSA) is 108 Å². The summed E-state index contributed by atoms with van der Waals surface area (Å²) in [4.78, 5) is 41.7. The molecule has 0 bridgehead atoms. The van der Waals surface area contributed by atoms with Crippen LogP contribution in [0.4, 0.5) is 5.69 Å². The van der Waals surface area contributed by atoms with Gasteiger partial charge in [0.15, 0.2) is 5.41 Å². The van der Waals surface area contributed by atoms with Gasteiger partial charge in [-0.3, -0.25) is 0 Å². The van der Waals surface area contributed by atoms with Crippen LogP contribution in [0.2, 0.25) is 0 Å². The Balaban J connectivity index is 1.90. The molecule has 8 nitrogen and oxygen atoms in total. The number of ether oxygens (including phenoxy) is 3. The van der Waals surface area contributed by atoms with Crippen molar-refractivity contribution >= 4 is 23.6 Å². The van der Waals surface area contributed by atoms with Crippen LogP contribution in [0.5, 0.6) is 0 Å². The fourth-order valence-corrected chi connectivity index (χ4v) is 4.36. The molecule has 0 saturated carbocycles. The molecule has 0 aliphatic carbocycles. The van der Waals surface area contributed by atoms with E-state index >= 15 is 0 Å². The lowest BCUT2D eigenvalue weighted by Gasteiger charge is -2.39. The Morgan fingerprint density at radius 3 is 2.33 bits per heavy atom. The molecule has 0 amide bonds. The number of benzene rings is 2. The van der Waals surface area contributed by atoms with Crippen molar-refractivity contribution in [3.8, 4) is 0 Å². The lowest BCUT2D eigenvalue weighted by Crippen LogP contribution is -2.50. The third-order valence-corrected chi connectivity index (χ3v) is 5.84. The molecule has 4 rings (SSSR count). The molecule has 2 heterocycles. The Kier molecular flexibility index (Phi) is 5.68. The molecule has 1 atom stereocenters. The third-order valence-electron chi connectivity index (χ3n) is 5.84. The lowest BCUT2D eigenvalue weighted by atomic mass is 9.66. The number of cyclic esters (lactones) is 1. The maximum atomic E-state index is 13.5. The molecular formula is C25H24N2O6. The first-order valence-electron chi connectivity index (χ1n) is 10.5. The minimum atomic E-state index is -1.91. The van der Waals surface area contributed by atoms with Gasteiger partial charge >= 0.3 is 17.9 Å². The zero-order chi connectivity index (χ0) is 23.8. The van der Waals surface area contributed by atoms with Crippen LogP contribution in [0, 0.1) is 0 Å². The molecule has 0 aromatic heterocycles. The van der Waals surface area contributed by atoms with E-state index < -0.39 is 23.3 Å². The zero-order valence-corrected chi connectivity index (χ0v) is 18.6. The third kappa shape index (κ3) is 3.34. The number of fused-ring (bicyclic) bond motifs is 2. The minimum Gasteiger partial charge on any atom is -0.462 e. The smallest absolute Gasteiger partial charge is 0.339 e. The summed E-state index contributed by atoms with van der Waals surface area (Å²) in [5.41, 5.74) is 5.94. The second kappa shape index (κ2) is 8.46. The zero-order valence-electron chi connectivity index (χ0n) is 18.6. The molecule has 2 aliphatic heterocycles. The summed E-state index contributed by atoms with van der Waals surface area (Å²) in [6.07, 6.45) is 0. The number of carbonyl (C=O) groups is 3. The Hall–Kier alpha value is -4.07. The van der Waals surface area contributed by atoms with E-state index in [1.54, 1.807) is 43.1 Å². The molecule has 2 N–H and O–H groups in total. The summed E-state index contributed by atoms with van der Waals surface area (Å²) >= 11 is 0. The van der Waals surface area contributed by atoms with Crippen LogP contribution in [-0.2, 0) is 40.6 Å². The molecule has 0 fully saturated rings. The Bertz CT molecular complexity index is 1200. The number of anilines is 1. The quantitative estimate of drug-likeness (QED) is 0.549. The Morgan fingerprint density at radius 1 is 1.00 bits per heavy atom. The first-order chi connectivity index (χ1) is 15.8. The molecule has 170 valence electrons. The first-order valence-corrected chi connectivity index (χ1v) is 10.5. The summed E-state index contributed by atoms with van der Waals surface area (Å²) in [6, 6.07) is 16.0. The van der Waals surface area contributed by atoms with Gasteiger partial charge in [0, 0.05) is 18.3 Å². The van der Waals surface area contributed by atoms with Crippen LogP contribution in [0.1, 0.15) is 25.0 Å². The molecule has 1 unspecified atom stereocenters. The van der Waals surface area contributed by atoms with Gasteiger partial charge in [-0.2, -0.15) is 0 Å². The summed E-state index contributed by atoms with van der Waals surface area (Å²) in [7, 11) is 1.67. The van der Waals surface area contributed by atoms with Crippen molar-refractivity contribution in [2.24, 2.45) is 5.73 Å². The molecule has 33 heavy (non-hydrogen) atoms. The number of allylic oxidation sites excluding steroid dienone is 1. The predicted molar refractivity (Wildman–Crippen MR) is 119 cm³/mol. The highest BCUT2D eigenvalue weighted by atomic mass is 16.6. The van der Waals surface area contributed by atoms with Crippen LogP contribution in [0.25, 0.3) is 0 Å². The summed E-state index contributed by atoms with van der Waals surface area (Å²) in [6.45, 7) is 3.18. The van der Waals surface area contributed by atoms with Gasteiger partial charge in [-0.25, -0.2) is 14.4 Å². The SMILES string of the molecule is CCOC(=O)C1=C(N)N(C)c2ccccc2C12C(=O)OC(C)=C2C(=O)OCc1ccccc1. The average Bonchev–Trinajstić information content (AvgIpc) is 3.07. The van der Waals surface area contributed by atoms with Crippen molar-refractivity contribution in [2.75, 3.05) is 18.6 Å². The number of carbonyl (C=O) groups excluding carboxylic acids is 3. The van der Waals surface area contributed by atoms with Gasteiger partial charge in [0.05, 0.1) is 6.61 Å². The fraction of sp³-hybridized carbons (Fsp3) is 0.240. The van der Waals surface area contributed by atoms with E-state index in [-0.39, 0.29) is 35.9 Å². The minimum absolute atomic E-state index is 0.00726. The number of hydrogen-bond donors (Lipinski definition) is 1. The van der Waals surface area contributed by atoms with Gasteiger partial charge in [-0.15, -0.1) is 0 Å². The van der Waals surface area contributed by atoms with Crippen molar-refractivity contribution in [1.82, 2.24) is 0 Å². The average molecular weight is 448 g/mol. The van der Waals surface area contributed by atoms with Gasteiger partial charge < -0.3 is 24.8 Å². The Labute approximate surface area is 191 Å². The van der Waals surface area contributed by atoms with Crippen LogP contribution in [-0.4, -0.2) is 31.6 Å². The van der Waals surface area contributed by atoms with Gasteiger partial charge in [0.2, 0.25) is 0 Å². The number of hydrogen-bond acceptors (Lipinski definition) is 8. The van der Waals surface area contributed by atoms with E-state index in [9.17, 15) is 14.4 Å². The van der Waals surface area contributed by atoms with Crippen LogP contribution < -0.4 is 10.6 Å². The van der Waals surface area contributed by atoms with E-state index in [0.717, 1.165) is 5.56 Å². The maximum Gasteiger partial charge on any atom is 0.339 e. The summed E-state index contributed by atoms with van der Waals surface area (Å²) in [5.74, 6) is -2.36. The summed E-state index contributed by atoms with van der Waals surface area (Å²) in [5, 5.41) is 0. The van der Waals surface area contributed by atoms with Gasteiger partial charge in [0.25, 0.3) is 0 Å². The van der Waals surface area contributed by atoms with Crippen LogP contribution in [0.15, 0.2) is 77.3 Å². The molecular weight excluding hydrogens is 424 g/mol. The molecule has 2 aromatic carbocycles. The molecule has 2 aromatic rings. The van der Waals surface area contributed by atoms with Crippen LogP contribution in [0.3, 0.4) is 0 Å². The number of rotatable bonds is 5. The highest BCUT2D eigenvalue weighted by Gasteiger charge is 2.63. The van der Waals surface area contributed by atoms with Crippen molar-refractivity contribution in [2.45, 2.75) is 25.9 Å². The van der Waals surface area contributed by atoms with Crippen molar-refractivity contribution in [3.63, 3.8) is 0 Å². The largest absolute Gasteiger partial charge is 0.462 e. The van der Waals surface area contributed by atoms with Gasteiger partial charge in [-0.1, -0.05) is 48.5 Å². The van der Waals surface area contributed by atoms with E-state index in [1.807, 2.05) is 30.3 Å². The fourth-order valence-electron chi connectivity index (χ4n) is 4.36. The second-order valence-corrected chi connectivity index (χ2v) is 7.69. The van der Waals surface area contributed by atoms with E-state index in [2.05, 4.69) is 0 Å². The second-order valence-electron chi connectivity index (χ2n) is 7.69. The highest BCUT2D eigenvalue weighted by molar-refractivity contribution is 6.16. The molecule has 2 aliphatic rings. The van der Waals surface area contributed by atoms with E-state index in [1.165, 1.54) is 6.92 Å². The van der Waals surface area contributed by atoms with E-state index in [0.29, 0.717) is 11.3 Å². The Morgan fingerprint density at radius 2 is 1.64 bits per heavy atom. The van der Waals surface area contributed by atoms with Crippen molar-refractivity contribution in [3.05, 3.63) is 88.5 Å².